The lowest BCUT2D eigenvalue weighted by Crippen LogP contribution is -2.15. The molecular formula is C10H9F2N5O. The maximum absolute atomic E-state index is 12.5. The maximum atomic E-state index is 12.5. The van der Waals surface area contributed by atoms with Gasteiger partial charge < -0.3 is 11.5 Å². The number of rotatable bonds is 3. The van der Waals surface area contributed by atoms with Crippen molar-refractivity contribution in [3.8, 4) is 0 Å². The van der Waals surface area contributed by atoms with E-state index < -0.39 is 6.43 Å². The van der Waals surface area contributed by atoms with Crippen LogP contribution in [0.4, 0.5) is 20.3 Å². The first-order valence-electron chi connectivity index (χ1n) is 4.88. The molecule has 0 aliphatic carbocycles. The highest BCUT2D eigenvalue weighted by molar-refractivity contribution is 6.00. The average molecular weight is 253 g/mol. The molecule has 0 unspecified atom stereocenters. The van der Waals surface area contributed by atoms with E-state index in [0.717, 1.165) is 0 Å². The summed E-state index contributed by atoms with van der Waals surface area (Å²) in [6.45, 7) is 0. The second-order valence-corrected chi connectivity index (χ2v) is 3.39. The topological polar surface area (TPSA) is 103 Å². The summed E-state index contributed by atoms with van der Waals surface area (Å²) in [5, 5.41) is 6.79. The van der Waals surface area contributed by atoms with Crippen LogP contribution in [0.2, 0.25) is 0 Å². The Hall–Kier alpha value is -2.51. The number of alkyl halides is 2. The van der Waals surface area contributed by atoms with E-state index in [9.17, 15) is 8.78 Å². The average Bonchev–Trinajstić information content (AvgIpc) is 2.76. The third-order valence-corrected chi connectivity index (χ3v) is 2.13. The van der Waals surface area contributed by atoms with Crippen LogP contribution >= 0.6 is 0 Å². The zero-order valence-corrected chi connectivity index (χ0v) is 9.05. The van der Waals surface area contributed by atoms with Crippen molar-refractivity contribution in [2.24, 2.45) is 10.7 Å². The standard InChI is InChI=1S/C10H9F2N5O/c11-8(12)5-2-1-3-6(4-5)15-9(13)7-10(14)17-18-16-7/h1-4,8H,(H2,13,15)(H2,14,17). The van der Waals surface area contributed by atoms with Crippen LogP contribution in [-0.4, -0.2) is 16.1 Å². The molecule has 8 heteroatoms. The molecule has 6 nitrogen and oxygen atoms in total. The largest absolute Gasteiger partial charge is 0.382 e. The van der Waals surface area contributed by atoms with Crippen molar-refractivity contribution in [3.05, 3.63) is 35.5 Å². The Bertz CT molecular complexity index is 581. The van der Waals surface area contributed by atoms with Gasteiger partial charge in [0.2, 0.25) is 0 Å². The van der Waals surface area contributed by atoms with Crippen molar-refractivity contribution in [1.29, 1.82) is 0 Å². The predicted octanol–water partition coefficient (Wildman–Crippen LogP) is 1.63. The van der Waals surface area contributed by atoms with Gasteiger partial charge in [0.25, 0.3) is 6.43 Å². The highest BCUT2D eigenvalue weighted by Gasteiger charge is 2.11. The van der Waals surface area contributed by atoms with Gasteiger partial charge in [-0.25, -0.2) is 18.4 Å². The van der Waals surface area contributed by atoms with Crippen LogP contribution in [0.1, 0.15) is 17.7 Å². The van der Waals surface area contributed by atoms with Gasteiger partial charge in [0.15, 0.2) is 17.3 Å². The molecule has 0 saturated heterocycles. The first-order valence-corrected chi connectivity index (χ1v) is 4.88. The summed E-state index contributed by atoms with van der Waals surface area (Å²) in [5.41, 5.74) is 11.3. The van der Waals surface area contributed by atoms with Crippen LogP contribution in [0.3, 0.4) is 0 Å². The molecule has 0 amide bonds. The molecule has 0 spiro atoms. The van der Waals surface area contributed by atoms with Gasteiger partial charge in [-0.3, -0.25) is 0 Å². The number of benzene rings is 1. The van der Waals surface area contributed by atoms with Gasteiger partial charge in [-0.1, -0.05) is 12.1 Å². The minimum atomic E-state index is -2.57. The normalized spacial score (nSPS) is 12.1. The molecule has 1 heterocycles. The monoisotopic (exact) mass is 253 g/mol. The molecule has 94 valence electrons. The molecule has 0 atom stereocenters. The first kappa shape index (κ1) is 12.0. The van der Waals surface area contributed by atoms with E-state index in [-0.39, 0.29) is 28.6 Å². The molecule has 1 aromatic heterocycles. The number of hydrogen-bond acceptors (Lipinski definition) is 5. The second-order valence-electron chi connectivity index (χ2n) is 3.39. The molecule has 0 fully saturated rings. The van der Waals surface area contributed by atoms with E-state index in [0.29, 0.717) is 0 Å². The summed E-state index contributed by atoms with van der Waals surface area (Å²) >= 11 is 0. The number of nitrogens with zero attached hydrogens (tertiary/aromatic N) is 3. The minimum absolute atomic E-state index is 0.0127. The third-order valence-electron chi connectivity index (χ3n) is 2.13. The van der Waals surface area contributed by atoms with Crippen LogP contribution in [0.15, 0.2) is 33.9 Å². The molecule has 1 aromatic carbocycles. The van der Waals surface area contributed by atoms with Gasteiger partial charge >= 0.3 is 0 Å². The number of anilines is 1. The Labute approximate surface area is 100 Å². The highest BCUT2D eigenvalue weighted by Crippen LogP contribution is 2.23. The van der Waals surface area contributed by atoms with Gasteiger partial charge in [0.05, 0.1) is 5.69 Å². The quantitative estimate of drug-likeness (QED) is 0.639. The van der Waals surface area contributed by atoms with Crippen LogP contribution in [-0.2, 0) is 0 Å². The maximum Gasteiger partial charge on any atom is 0.263 e. The van der Waals surface area contributed by atoms with Gasteiger partial charge in [0.1, 0.15) is 0 Å². The molecule has 18 heavy (non-hydrogen) atoms. The molecule has 0 aliphatic rings. The summed E-state index contributed by atoms with van der Waals surface area (Å²) < 4.78 is 29.3. The van der Waals surface area contributed by atoms with E-state index in [2.05, 4.69) is 19.9 Å². The molecule has 2 aromatic rings. The van der Waals surface area contributed by atoms with E-state index >= 15 is 0 Å². The Morgan fingerprint density at radius 2 is 2.11 bits per heavy atom. The molecule has 2 rings (SSSR count). The lowest BCUT2D eigenvalue weighted by molar-refractivity contribution is 0.151. The van der Waals surface area contributed by atoms with Crippen molar-refractivity contribution in [1.82, 2.24) is 10.3 Å². The van der Waals surface area contributed by atoms with E-state index in [1.165, 1.54) is 24.3 Å². The number of aliphatic imine (C=N–C) groups is 1. The fourth-order valence-electron chi connectivity index (χ4n) is 1.30. The third kappa shape index (κ3) is 2.42. The molecule has 0 aliphatic heterocycles. The van der Waals surface area contributed by atoms with Crippen LogP contribution in [0.5, 0.6) is 0 Å². The lowest BCUT2D eigenvalue weighted by Gasteiger charge is -2.01. The Balaban J connectivity index is 2.33. The number of nitrogens with two attached hydrogens (primary N) is 2. The summed E-state index contributed by atoms with van der Waals surface area (Å²) in [6.07, 6.45) is -2.57. The summed E-state index contributed by atoms with van der Waals surface area (Å²) in [5.74, 6) is -0.0681. The number of halogens is 2. The minimum Gasteiger partial charge on any atom is -0.382 e. The fraction of sp³-hybridized carbons (Fsp3) is 0.100. The summed E-state index contributed by atoms with van der Waals surface area (Å²) in [6, 6.07) is 5.51. The van der Waals surface area contributed by atoms with Gasteiger partial charge in [-0.05, 0) is 22.4 Å². The van der Waals surface area contributed by atoms with Crippen molar-refractivity contribution in [2.45, 2.75) is 6.43 Å². The smallest absolute Gasteiger partial charge is 0.263 e. The Morgan fingerprint density at radius 1 is 1.33 bits per heavy atom. The zero-order chi connectivity index (χ0) is 13.1. The van der Waals surface area contributed by atoms with Crippen molar-refractivity contribution >= 4 is 17.3 Å². The number of nitrogen functional groups attached to an aromatic ring is 1. The van der Waals surface area contributed by atoms with E-state index in [1.54, 1.807) is 0 Å². The van der Waals surface area contributed by atoms with Crippen molar-refractivity contribution in [2.75, 3.05) is 5.73 Å². The molecular weight excluding hydrogens is 244 g/mol. The Kier molecular flexibility index (Phi) is 3.18. The van der Waals surface area contributed by atoms with Crippen LogP contribution < -0.4 is 11.5 Å². The predicted molar refractivity (Wildman–Crippen MR) is 60.5 cm³/mol. The van der Waals surface area contributed by atoms with Crippen LogP contribution in [0.25, 0.3) is 0 Å². The molecule has 0 radical (unpaired) electrons. The second kappa shape index (κ2) is 4.78. The lowest BCUT2D eigenvalue weighted by atomic mass is 10.2. The van der Waals surface area contributed by atoms with Gasteiger partial charge in [-0.2, -0.15) is 0 Å². The molecule has 0 bridgehead atoms. The molecule has 0 saturated carbocycles. The summed E-state index contributed by atoms with van der Waals surface area (Å²) in [7, 11) is 0. The van der Waals surface area contributed by atoms with E-state index in [1.807, 2.05) is 0 Å². The first-order chi connectivity index (χ1) is 8.58. The fourth-order valence-corrected chi connectivity index (χ4v) is 1.30. The Morgan fingerprint density at radius 3 is 2.72 bits per heavy atom. The summed E-state index contributed by atoms with van der Waals surface area (Å²) in [4.78, 5) is 3.92. The highest BCUT2D eigenvalue weighted by atomic mass is 19.3. The van der Waals surface area contributed by atoms with Crippen molar-refractivity contribution < 1.29 is 13.4 Å². The van der Waals surface area contributed by atoms with Crippen molar-refractivity contribution in [3.63, 3.8) is 0 Å². The van der Waals surface area contributed by atoms with E-state index in [4.69, 9.17) is 11.5 Å². The molecule has 4 N–H and O–H groups in total. The number of hydrogen-bond donors (Lipinski definition) is 2. The van der Waals surface area contributed by atoms with Gasteiger partial charge in [0, 0.05) is 5.56 Å². The van der Waals surface area contributed by atoms with Crippen LogP contribution in [0, 0.1) is 0 Å². The van der Waals surface area contributed by atoms with Gasteiger partial charge in [-0.15, -0.1) is 0 Å². The number of aromatic nitrogens is 2. The zero-order valence-electron chi connectivity index (χ0n) is 9.05. The SMILES string of the molecule is NC(=Nc1cccc(C(F)F)c1)c1nonc1N. The number of amidine groups is 1.